The highest BCUT2D eigenvalue weighted by Crippen LogP contribution is 2.29. The Hall–Kier alpha value is -2.74. The predicted octanol–water partition coefficient (Wildman–Crippen LogP) is 3.64. The number of nitrogens with zero attached hydrogens (tertiary/aromatic N) is 1. The molecule has 148 valence electrons. The van der Waals surface area contributed by atoms with E-state index in [-0.39, 0.29) is 22.9 Å². The summed E-state index contributed by atoms with van der Waals surface area (Å²) in [6.45, 7) is 7.14. The number of pyridine rings is 1. The Balaban J connectivity index is 2.49. The SMILES string of the molecule is COC(=O)c1c(Br)ccc(C)c1NC(=O)c1ccc(C)nc1C(=O)NC(C)C. The molecular weight excluding hydrogens is 426 g/mol. The van der Waals surface area contributed by atoms with Crippen LogP contribution in [0, 0.1) is 13.8 Å². The number of nitrogens with one attached hydrogen (secondary N) is 2. The van der Waals surface area contributed by atoms with Gasteiger partial charge in [0.05, 0.1) is 23.9 Å². The summed E-state index contributed by atoms with van der Waals surface area (Å²) in [4.78, 5) is 41.9. The number of amides is 2. The third-order valence-corrected chi connectivity index (χ3v) is 4.57. The second-order valence-electron chi connectivity index (χ2n) is 6.54. The Morgan fingerprint density at radius 2 is 1.75 bits per heavy atom. The van der Waals surface area contributed by atoms with E-state index >= 15 is 0 Å². The zero-order chi connectivity index (χ0) is 21.0. The minimum absolute atomic E-state index is 0.0264. The summed E-state index contributed by atoms with van der Waals surface area (Å²) in [5.41, 5.74) is 1.92. The number of benzene rings is 1. The lowest BCUT2D eigenvalue weighted by molar-refractivity contribution is 0.0600. The van der Waals surface area contributed by atoms with E-state index in [0.29, 0.717) is 21.4 Å². The monoisotopic (exact) mass is 447 g/mol. The van der Waals surface area contributed by atoms with Gasteiger partial charge in [0.1, 0.15) is 5.69 Å². The first kappa shape index (κ1) is 21.6. The van der Waals surface area contributed by atoms with Crippen molar-refractivity contribution in [3.63, 3.8) is 0 Å². The van der Waals surface area contributed by atoms with Gasteiger partial charge in [-0.1, -0.05) is 6.07 Å². The third kappa shape index (κ3) is 4.75. The van der Waals surface area contributed by atoms with E-state index < -0.39 is 17.8 Å². The Morgan fingerprint density at radius 1 is 1.07 bits per heavy atom. The minimum Gasteiger partial charge on any atom is -0.465 e. The van der Waals surface area contributed by atoms with Gasteiger partial charge in [0.15, 0.2) is 0 Å². The van der Waals surface area contributed by atoms with Crippen molar-refractivity contribution in [1.29, 1.82) is 0 Å². The molecule has 1 aromatic heterocycles. The Morgan fingerprint density at radius 3 is 2.36 bits per heavy atom. The van der Waals surface area contributed by atoms with E-state index in [1.807, 2.05) is 13.8 Å². The number of anilines is 1. The molecule has 0 fully saturated rings. The van der Waals surface area contributed by atoms with E-state index in [9.17, 15) is 14.4 Å². The quantitative estimate of drug-likeness (QED) is 0.681. The zero-order valence-corrected chi connectivity index (χ0v) is 17.9. The lowest BCUT2D eigenvalue weighted by atomic mass is 10.1. The number of carbonyl (C=O) groups is 3. The number of carbonyl (C=O) groups excluding carboxylic acids is 3. The molecule has 2 N–H and O–H groups in total. The number of aryl methyl sites for hydroxylation is 2. The van der Waals surface area contributed by atoms with Crippen LogP contribution in [-0.2, 0) is 4.74 Å². The summed E-state index contributed by atoms with van der Waals surface area (Å²) in [5.74, 6) is -1.58. The molecule has 0 bridgehead atoms. The van der Waals surface area contributed by atoms with Crippen LogP contribution in [0.3, 0.4) is 0 Å². The van der Waals surface area contributed by atoms with Crippen LogP contribution in [0.25, 0.3) is 0 Å². The Kier molecular flexibility index (Phi) is 6.90. The van der Waals surface area contributed by atoms with Gasteiger partial charge >= 0.3 is 5.97 Å². The van der Waals surface area contributed by atoms with Crippen LogP contribution in [0.4, 0.5) is 5.69 Å². The maximum absolute atomic E-state index is 13.0. The fourth-order valence-corrected chi connectivity index (χ4v) is 3.06. The van der Waals surface area contributed by atoms with Gasteiger partial charge in [0, 0.05) is 16.2 Å². The second kappa shape index (κ2) is 8.97. The summed E-state index contributed by atoms with van der Waals surface area (Å²) in [6, 6.07) is 6.54. The van der Waals surface area contributed by atoms with Crippen LogP contribution in [0.1, 0.15) is 56.3 Å². The average Bonchev–Trinajstić information content (AvgIpc) is 2.63. The normalized spacial score (nSPS) is 10.5. The zero-order valence-electron chi connectivity index (χ0n) is 16.3. The third-order valence-electron chi connectivity index (χ3n) is 3.90. The summed E-state index contributed by atoms with van der Waals surface area (Å²) in [5, 5.41) is 5.47. The topological polar surface area (TPSA) is 97.4 Å². The highest BCUT2D eigenvalue weighted by molar-refractivity contribution is 9.10. The van der Waals surface area contributed by atoms with Crippen molar-refractivity contribution >= 4 is 39.4 Å². The van der Waals surface area contributed by atoms with Gasteiger partial charge in [-0.3, -0.25) is 9.59 Å². The van der Waals surface area contributed by atoms with Crippen LogP contribution in [-0.4, -0.2) is 35.9 Å². The molecule has 2 aromatic rings. The number of esters is 1. The van der Waals surface area contributed by atoms with Crippen LogP contribution in [0.15, 0.2) is 28.7 Å². The molecule has 0 radical (unpaired) electrons. The first-order chi connectivity index (χ1) is 13.1. The van der Waals surface area contributed by atoms with Gasteiger partial charge in [-0.05, 0) is 67.4 Å². The molecule has 0 saturated heterocycles. The van der Waals surface area contributed by atoms with E-state index in [0.717, 1.165) is 0 Å². The lowest BCUT2D eigenvalue weighted by Crippen LogP contribution is -2.33. The molecule has 2 rings (SSSR count). The van der Waals surface area contributed by atoms with Crippen molar-refractivity contribution in [3.05, 3.63) is 56.8 Å². The van der Waals surface area contributed by atoms with E-state index in [4.69, 9.17) is 4.74 Å². The van der Waals surface area contributed by atoms with E-state index in [1.54, 1.807) is 32.0 Å². The summed E-state index contributed by atoms with van der Waals surface area (Å²) >= 11 is 3.31. The second-order valence-corrected chi connectivity index (χ2v) is 7.39. The molecular formula is C20H22BrN3O4. The molecule has 0 atom stereocenters. The molecule has 1 aromatic carbocycles. The molecule has 1 heterocycles. The summed E-state index contributed by atoms with van der Waals surface area (Å²) in [6.07, 6.45) is 0. The number of hydrogen-bond acceptors (Lipinski definition) is 5. The van der Waals surface area contributed by atoms with Crippen molar-refractivity contribution in [2.75, 3.05) is 12.4 Å². The minimum atomic E-state index is -0.592. The molecule has 0 unspecified atom stereocenters. The van der Waals surface area contributed by atoms with E-state index in [2.05, 4.69) is 31.5 Å². The van der Waals surface area contributed by atoms with Gasteiger partial charge < -0.3 is 15.4 Å². The molecule has 0 saturated carbocycles. The average molecular weight is 448 g/mol. The highest BCUT2D eigenvalue weighted by atomic mass is 79.9. The molecule has 28 heavy (non-hydrogen) atoms. The van der Waals surface area contributed by atoms with Gasteiger partial charge in [-0.15, -0.1) is 0 Å². The fourth-order valence-electron chi connectivity index (χ4n) is 2.57. The maximum Gasteiger partial charge on any atom is 0.341 e. The Bertz CT molecular complexity index is 941. The molecule has 0 aliphatic rings. The smallest absolute Gasteiger partial charge is 0.341 e. The van der Waals surface area contributed by atoms with Gasteiger partial charge in [-0.25, -0.2) is 9.78 Å². The van der Waals surface area contributed by atoms with Crippen molar-refractivity contribution in [2.45, 2.75) is 33.7 Å². The van der Waals surface area contributed by atoms with Crippen molar-refractivity contribution in [3.8, 4) is 0 Å². The number of ether oxygens (including phenoxy) is 1. The fraction of sp³-hybridized carbons (Fsp3) is 0.300. The van der Waals surface area contributed by atoms with Crippen LogP contribution in [0.2, 0.25) is 0 Å². The standard InChI is InChI=1S/C20H22BrN3O4/c1-10(2)22-19(26)17-13(8-7-12(4)23-17)18(25)24-16-11(3)6-9-14(21)15(16)20(27)28-5/h6-10H,1-5H3,(H,22,26)(H,24,25). The summed E-state index contributed by atoms with van der Waals surface area (Å²) in [7, 11) is 1.26. The van der Waals surface area contributed by atoms with Gasteiger partial charge in [0.25, 0.3) is 11.8 Å². The largest absolute Gasteiger partial charge is 0.465 e. The van der Waals surface area contributed by atoms with Crippen molar-refractivity contribution in [2.24, 2.45) is 0 Å². The van der Waals surface area contributed by atoms with Crippen molar-refractivity contribution < 1.29 is 19.1 Å². The van der Waals surface area contributed by atoms with Crippen LogP contribution in [0.5, 0.6) is 0 Å². The highest BCUT2D eigenvalue weighted by Gasteiger charge is 2.24. The first-order valence-corrected chi connectivity index (χ1v) is 9.42. The number of rotatable bonds is 5. The molecule has 0 aliphatic carbocycles. The molecule has 0 aliphatic heterocycles. The predicted molar refractivity (Wildman–Crippen MR) is 110 cm³/mol. The molecule has 0 spiro atoms. The number of hydrogen-bond donors (Lipinski definition) is 2. The molecule has 2 amide bonds. The number of methoxy groups -OCH3 is 1. The van der Waals surface area contributed by atoms with Crippen LogP contribution < -0.4 is 10.6 Å². The maximum atomic E-state index is 13.0. The van der Waals surface area contributed by atoms with Gasteiger partial charge in [-0.2, -0.15) is 0 Å². The van der Waals surface area contributed by atoms with Crippen LogP contribution >= 0.6 is 15.9 Å². The van der Waals surface area contributed by atoms with Gasteiger partial charge in [0.2, 0.25) is 0 Å². The Labute approximate surface area is 172 Å². The van der Waals surface area contributed by atoms with Crippen molar-refractivity contribution in [1.82, 2.24) is 10.3 Å². The molecule has 7 nitrogen and oxygen atoms in total. The van der Waals surface area contributed by atoms with E-state index in [1.165, 1.54) is 13.2 Å². The first-order valence-electron chi connectivity index (χ1n) is 8.63. The summed E-state index contributed by atoms with van der Waals surface area (Å²) < 4.78 is 5.31. The molecule has 8 heteroatoms. The lowest BCUT2D eigenvalue weighted by Gasteiger charge is -2.16. The number of aromatic nitrogens is 1. The number of halogens is 1.